The smallest absolute Gasteiger partial charge is 0.191 e. The van der Waals surface area contributed by atoms with Crippen molar-refractivity contribution in [3.05, 3.63) is 30.1 Å². The van der Waals surface area contributed by atoms with Gasteiger partial charge in [-0.1, -0.05) is 26.0 Å². The molecular formula is C15H24FIN4. The molecule has 0 unspecified atom stereocenters. The first kappa shape index (κ1) is 18.0. The number of para-hydroxylation sites is 1. The lowest BCUT2D eigenvalue weighted by atomic mass is 10.2. The Bertz CT molecular complexity index is 470. The maximum atomic E-state index is 13.7. The van der Waals surface area contributed by atoms with Crippen molar-refractivity contribution in [2.24, 2.45) is 16.6 Å². The standard InChI is InChI=1S/C15H23FN4.HI/c1-12(2)11-18-15(17)20-9-7-19(8-10-20)14-6-4-3-5-13(14)16;/h3-6,12H,7-11H2,1-2H3,(H2,17,18);1H. The fourth-order valence-electron chi connectivity index (χ4n) is 2.26. The van der Waals surface area contributed by atoms with Gasteiger partial charge in [-0.15, -0.1) is 24.0 Å². The van der Waals surface area contributed by atoms with Crippen LogP contribution in [0, 0.1) is 11.7 Å². The number of aliphatic imine (C=N–C) groups is 1. The third kappa shape index (κ3) is 5.01. The van der Waals surface area contributed by atoms with E-state index in [0.717, 1.165) is 32.7 Å². The normalized spacial score (nSPS) is 16.1. The summed E-state index contributed by atoms with van der Waals surface area (Å²) in [5, 5.41) is 0. The fraction of sp³-hybridized carbons (Fsp3) is 0.533. The number of anilines is 1. The van der Waals surface area contributed by atoms with Crippen LogP contribution in [-0.4, -0.2) is 43.6 Å². The van der Waals surface area contributed by atoms with Gasteiger partial charge in [0.2, 0.25) is 0 Å². The highest BCUT2D eigenvalue weighted by Crippen LogP contribution is 2.19. The van der Waals surface area contributed by atoms with Crippen LogP contribution in [0.3, 0.4) is 0 Å². The summed E-state index contributed by atoms with van der Waals surface area (Å²) in [7, 11) is 0. The summed E-state index contributed by atoms with van der Waals surface area (Å²) in [4.78, 5) is 8.52. The molecule has 1 fully saturated rings. The van der Waals surface area contributed by atoms with E-state index in [0.29, 0.717) is 17.6 Å². The molecule has 0 aromatic heterocycles. The van der Waals surface area contributed by atoms with Crippen LogP contribution >= 0.6 is 24.0 Å². The van der Waals surface area contributed by atoms with Crippen LogP contribution in [0.2, 0.25) is 0 Å². The quantitative estimate of drug-likeness (QED) is 0.477. The van der Waals surface area contributed by atoms with Crippen LogP contribution in [0.15, 0.2) is 29.3 Å². The van der Waals surface area contributed by atoms with Crippen LogP contribution in [0.5, 0.6) is 0 Å². The number of nitrogens with two attached hydrogens (primary N) is 1. The molecule has 0 saturated carbocycles. The van der Waals surface area contributed by atoms with Crippen LogP contribution < -0.4 is 10.6 Å². The number of hydrogen-bond acceptors (Lipinski definition) is 2. The lowest BCUT2D eigenvalue weighted by molar-refractivity contribution is 0.378. The molecule has 1 aliphatic heterocycles. The van der Waals surface area contributed by atoms with Gasteiger partial charge in [-0.25, -0.2) is 4.39 Å². The van der Waals surface area contributed by atoms with Crippen LogP contribution in [0.1, 0.15) is 13.8 Å². The Hall–Kier alpha value is -1.05. The lowest BCUT2D eigenvalue weighted by Gasteiger charge is -2.36. The van der Waals surface area contributed by atoms with E-state index < -0.39 is 0 Å². The second-order valence-corrected chi connectivity index (χ2v) is 5.52. The van der Waals surface area contributed by atoms with Gasteiger partial charge in [0.05, 0.1) is 5.69 Å². The van der Waals surface area contributed by atoms with Crippen LogP contribution in [0.25, 0.3) is 0 Å². The molecule has 1 heterocycles. The first-order chi connectivity index (χ1) is 9.58. The van der Waals surface area contributed by atoms with Crippen molar-refractivity contribution < 1.29 is 4.39 Å². The largest absolute Gasteiger partial charge is 0.370 e. The summed E-state index contributed by atoms with van der Waals surface area (Å²) in [6.07, 6.45) is 0. The minimum atomic E-state index is -0.164. The molecule has 0 amide bonds. The molecule has 0 atom stereocenters. The monoisotopic (exact) mass is 406 g/mol. The Morgan fingerprint density at radius 2 is 1.86 bits per heavy atom. The minimum absolute atomic E-state index is 0. The van der Waals surface area contributed by atoms with Gasteiger partial charge >= 0.3 is 0 Å². The van der Waals surface area contributed by atoms with Gasteiger partial charge in [-0.05, 0) is 18.1 Å². The number of piperazine rings is 1. The van der Waals surface area contributed by atoms with E-state index in [2.05, 4.69) is 28.6 Å². The zero-order chi connectivity index (χ0) is 14.5. The first-order valence-electron chi connectivity index (χ1n) is 7.12. The Morgan fingerprint density at radius 3 is 2.43 bits per heavy atom. The summed E-state index contributed by atoms with van der Waals surface area (Å²) in [5.41, 5.74) is 6.67. The minimum Gasteiger partial charge on any atom is -0.370 e. The average molecular weight is 406 g/mol. The topological polar surface area (TPSA) is 44.9 Å². The predicted octanol–water partition coefficient (Wildman–Crippen LogP) is 2.54. The highest BCUT2D eigenvalue weighted by atomic mass is 127. The van der Waals surface area contributed by atoms with Crippen molar-refractivity contribution in [1.82, 2.24) is 4.90 Å². The zero-order valence-electron chi connectivity index (χ0n) is 12.6. The molecule has 21 heavy (non-hydrogen) atoms. The number of rotatable bonds is 3. The number of guanidine groups is 1. The van der Waals surface area contributed by atoms with Crippen molar-refractivity contribution in [2.75, 3.05) is 37.6 Å². The Morgan fingerprint density at radius 1 is 1.24 bits per heavy atom. The van der Waals surface area contributed by atoms with E-state index in [4.69, 9.17) is 5.73 Å². The molecule has 0 spiro atoms. The molecule has 0 aliphatic carbocycles. The molecule has 1 aliphatic rings. The summed E-state index contributed by atoms with van der Waals surface area (Å²) >= 11 is 0. The highest BCUT2D eigenvalue weighted by Gasteiger charge is 2.20. The van der Waals surface area contributed by atoms with Gasteiger partial charge < -0.3 is 15.5 Å². The average Bonchev–Trinajstić information content (AvgIpc) is 2.45. The molecule has 1 saturated heterocycles. The van der Waals surface area contributed by atoms with E-state index in [1.807, 2.05) is 12.1 Å². The van der Waals surface area contributed by atoms with Gasteiger partial charge in [-0.2, -0.15) is 0 Å². The van der Waals surface area contributed by atoms with Crippen molar-refractivity contribution in [1.29, 1.82) is 0 Å². The fourth-order valence-corrected chi connectivity index (χ4v) is 2.26. The number of halogens is 2. The van der Waals surface area contributed by atoms with E-state index in [9.17, 15) is 4.39 Å². The molecule has 1 aromatic carbocycles. The Balaban J connectivity index is 0.00000220. The maximum Gasteiger partial charge on any atom is 0.191 e. The Kier molecular flexibility index (Phi) is 7.21. The lowest BCUT2D eigenvalue weighted by Crippen LogP contribution is -2.51. The van der Waals surface area contributed by atoms with Gasteiger partial charge in [0, 0.05) is 32.7 Å². The summed E-state index contributed by atoms with van der Waals surface area (Å²) in [6, 6.07) is 6.90. The maximum absolute atomic E-state index is 13.7. The Labute approximate surface area is 143 Å². The molecule has 0 bridgehead atoms. The third-order valence-corrected chi connectivity index (χ3v) is 3.42. The van der Waals surface area contributed by atoms with Gasteiger partial charge in [0.1, 0.15) is 5.82 Å². The van der Waals surface area contributed by atoms with Crippen molar-refractivity contribution in [2.45, 2.75) is 13.8 Å². The number of hydrogen-bond donors (Lipinski definition) is 1. The summed E-state index contributed by atoms with van der Waals surface area (Å²) in [6.45, 7) is 8.07. The van der Waals surface area contributed by atoms with Gasteiger partial charge in [-0.3, -0.25) is 4.99 Å². The van der Waals surface area contributed by atoms with E-state index in [1.54, 1.807) is 6.07 Å². The molecule has 1 aromatic rings. The molecular weight excluding hydrogens is 382 g/mol. The molecule has 0 radical (unpaired) electrons. The highest BCUT2D eigenvalue weighted by molar-refractivity contribution is 14.0. The zero-order valence-corrected chi connectivity index (χ0v) is 15.0. The second-order valence-electron chi connectivity index (χ2n) is 5.52. The van der Waals surface area contributed by atoms with Crippen molar-refractivity contribution in [3.8, 4) is 0 Å². The molecule has 4 nitrogen and oxygen atoms in total. The van der Waals surface area contributed by atoms with E-state index in [1.165, 1.54) is 6.07 Å². The van der Waals surface area contributed by atoms with Crippen molar-refractivity contribution >= 4 is 35.6 Å². The van der Waals surface area contributed by atoms with E-state index in [-0.39, 0.29) is 29.8 Å². The summed E-state index contributed by atoms with van der Waals surface area (Å²) < 4.78 is 13.7. The molecule has 2 rings (SSSR count). The van der Waals surface area contributed by atoms with Crippen LogP contribution in [0.4, 0.5) is 10.1 Å². The van der Waals surface area contributed by atoms with Gasteiger partial charge in [0.25, 0.3) is 0 Å². The molecule has 118 valence electrons. The summed E-state index contributed by atoms with van der Waals surface area (Å²) in [5.74, 6) is 0.947. The third-order valence-electron chi connectivity index (χ3n) is 3.42. The first-order valence-corrected chi connectivity index (χ1v) is 7.12. The molecule has 2 N–H and O–H groups in total. The second kappa shape index (κ2) is 8.41. The van der Waals surface area contributed by atoms with Gasteiger partial charge in [0.15, 0.2) is 5.96 Å². The van der Waals surface area contributed by atoms with E-state index >= 15 is 0 Å². The number of benzene rings is 1. The molecule has 6 heteroatoms. The number of nitrogens with zero attached hydrogens (tertiary/aromatic N) is 3. The van der Waals surface area contributed by atoms with Crippen LogP contribution in [-0.2, 0) is 0 Å². The van der Waals surface area contributed by atoms with Crippen molar-refractivity contribution in [3.63, 3.8) is 0 Å². The predicted molar refractivity (Wildman–Crippen MR) is 96.9 cm³/mol. The SMILES string of the molecule is CC(C)CN=C(N)N1CCN(c2ccccc2F)CC1.I.